The lowest BCUT2D eigenvalue weighted by Crippen LogP contribution is -2.22. The average molecular weight is 363 g/mol. The number of nitrogens with zero attached hydrogens (tertiary/aromatic N) is 3. The van der Waals surface area contributed by atoms with Crippen LogP contribution in [0.2, 0.25) is 0 Å². The molecule has 0 amide bonds. The molecule has 0 aliphatic rings. The Balaban J connectivity index is 0.000000290. The zero-order chi connectivity index (χ0) is 19.2. The highest BCUT2D eigenvalue weighted by Gasteiger charge is 2.32. The summed E-state index contributed by atoms with van der Waals surface area (Å²) in [5.41, 5.74) is 1.10. The van der Waals surface area contributed by atoms with E-state index in [1.54, 1.807) is 12.1 Å². The smallest absolute Gasteiger partial charge is 0.408 e. The molecule has 8 heteroatoms. The maximum atomic E-state index is 12.3. The first-order valence-electron chi connectivity index (χ1n) is 7.57. The van der Waals surface area contributed by atoms with Gasteiger partial charge < -0.3 is 5.11 Å². The third-order valence-corrected chi connectivity index (χ3v) is 3.25. The molecule has 26 heavy (non-hydrogen) atoms. The number of halogens is 3. The lowest BCUT2D eigenvalue weighted by Gasteiger charge is -2.08. The molecule has 0 atom stereocenters. The number of hydrogen-bond donors (Lipinski definition) is 1. The minimum Gasteiger partial charge on any atom is -0.477 e. The molecule has 0 spiro atoms. The Labute approximate surface area is 147 Å². The predicted octanol–water partition coefficient (Wildman–Crippen LogP) is 4.20. The molecule has 0 fully saturated rings. The van der Waals surface area contributed by atoms with Gasteiger partial charge in [0, 0.05) is 6.20 Å². The Hall–Kier alpha value is -3.16. The van der Waals surface area contributed by atoms with Crippen molar-refractivity contribution in [3.8, 4) is 11.3 Å². The summed E-state index contributed by atoms with van der Waals surface area (Å²) in [5.74, 6) is -1.48. The molecule has 0 bridgehead atoms. The van der Waals surface area contributed by atoms with Gasteiger partial charge in [-0.2, -0.15) is 18.3 Å². The number of aromatic carboxylic acids is 1. The highest BCUT2D eigenvalue weighted by Crippen LogP contribution is 2.24. The van der Waals surface area contributed by atoms with Crippen molar-refractivity contribution >= 4 is 5.97 Å². The van der Waals surface area contributed by atoms with Crippen molar-refractivity contribution in [1.29, 1.82) is 0 Å². The van der Waals surface area contributed by atoms with Gasteiger partial charge in [-0.15, -0.1) is 0 Å². The van der Waals surface area contributed by atoms with E-state index in [2.05, 4.69) is 29.1 Å². The molecule has 3 rings (SSSR count). The van der Waals surface area contributed by atoms with Crippen molar-refractivity contribution in [1.82, 2.24) is 14.8 Å². The van der Waals surface area contributed by atoms with Gasteiger partial charge in [-0.3, -0.25) is 4.98 Å². The van der Waals surface area contributed by atoms with Gasteiger partial charge in [-0.1, -0.05) is 42.0 Å². The van der Waals surface area contributed by atoms with Crippen molar-refractivity contribution in [2.45, 2.75) is 19.6 Å². The molecule has 0 saturated carbocycles. The van der Waals surface area contributed by atoms with E-state index in [0.29, 0.717) is 4.68 Å². The van der Waals surface area contributed by atoms with Crippen LogP contribution < -0.4 is 0 Å². The van der Waals surface area contributed by atoms with E-state index in [0.717, 1.165) is 6.20 Å². The van der Waals surface area contributed by atoms with Crippen LogP contribution in [0.3, 0.4) is 0 Å². The summed E-state index contributed by atoms with van der Waals surface area (Å²) in [6.45, 7) is 0.626. The van der Waals surface area contributed by atoms with E-state index in [4.69, 9.17) is 5.11 Å². The molecule has 1 N–H and O–H groups in total. The lowest BCUT2D eigenvalue weighted by molar-refractivity contribution is -0.142. The molecule has 5 nitrogen and oxygen atoms in total. The average Bonchev–Trinajstić information content (AvgIpc) is 2.99. The van der Waals surface area contributed by atoms with Gasteiger partial charge >= 0.3 is 12.1 Å². The second-order valence-corrected chi connectivity index (χ2v) is 5.35. The van der Waals surface area contributed by atoms with Gasteiger partial charge in [0.2, 0.25) is 0 Å². The molecule has 0 aliphatic carbocycles. The molecule has 136 valence electrons. The molecule has 0 radical (unpaired) electrons. The number of pyridine rings is 1. The topological polar surface area (TPSA) is 68.0 Å². The highest BCUT2D eigenvalue weighted by molar-refractivity contribution is 5.93. The summed E-state index contributed by atoms with van der Waals surface area (Å²) in [7, 11) is 0. The van der Waals surface area contributed by atoms with Gasteiger partial charge in [0.05, 0.1) is 17.5 Å². The maximum absolute atomic E-state index is 12.3. The van der Waals surface area contributed by atoms with Crippen LogP contribution in [0.15, 0.2) is 60.9 Å². The van der Waals surface area contributed by atoms with Gasteiger partial charge in [-0.05, 0) is 19.1 Å². The number of aromatic nitrogens is 3. The van der Waals surface area contributed by atoms with E-state index >= 15 is 0 Å². The minimum atomic E-state index is -4.54. The Morgan fingerprint density at radius 2 is 1.77 bits per heavy atom. The Bertz CT molecular complexity index is 847. The molecular weight excluding hydrogens is 347 g/mol. The van der Waals surface area contributed by atoms with Gasteiger partial charge in [-0.25, -0.2) is 9.48 Å². The van der Waals surface area contributed by atoms with Crippen molar-refractivity contribution in [2.24, 2.45) is 0 Å². The van der Waals surface area contributed by atoms with Gasteiger partial charge in [0.25, 0.3) is 0 Å². The van der Waals surface area contributed by atoms with Gasteiger partial charge in [0.15, 0.2) is 5.69 Å². The third-order valence-electron chi connectivity index (χ3n) is 3.25. The molecule has 2 heterocycles. The van der Waals surface area contributed by atoms with Crippen LogP contribution in [0.5, 0.6) is 0 Å². The van der Waals surface area contributed by atoms with Crippen LogP contribution in [-0.4, -0.2) is 32.0 Å². The second kappa shape index (κ2) is 8.28. The van der Waals surface area contributed by atoms with Crippen LogP contribution in [0.25, 0.3) is 11.3 Å². The summed E-state index contributed by atoms with van der Waals surface area (Å²) in [6, 6.07) is 15.0. The number of carbonyl (C=O) groups is 1. The fraction of sp³-hybridized carbons (Fsp3) is 0.167. The summed E-state index contributed by atoms with van der Waals surface area (Å²) < 4.78 is 37.4. The number of benzene rings is 1. The van der Waals surface area contributed by atoms with E-state index in [1.807, 2.05) is 18.2 Å². The number of hydrogen-bond acceptors (Lipinski definition) is 3. The molecule has 1 aromatic carbocycles. The zero-order valence-corrected chi connectivity index (χ0v) is 13.8. The number of carboxylic acids is 1. The van der Waals surface area contributed by atoms with Crippen molar-refractivity contribution in [3.05, 3.63) is 72.2 Å². The van der Waals surface area contributed by atoms with Crippen LogP contribution in [0.1, 0.15) is 16.1 Å². The maximum Gasteiger partial charge on any atom is 0.408 e. The molecule has 2 aromatic heterocycles. The first kappa shape index (κ1) is 19.2. The van der Waals surface area contributed by atoms with E-state index in [1.165, 1.54) is 17.8 Å². The Kier molecular flexibility index (Phi) is 6.11. The number of alkyl halides is 3. The summed E-state index contributed by atoms with van der Waals surface area (Å²) in [4.78, 5) is 15.0. The first-order chi connectivity index (χ1) is 12.3. The van der Waals surface area contributed by atoms with Crippen LogP contribution in [0.4, 0.5) is 13.2 Å². The SMILES string of the molecule is Cc1ccccc1.O=C(O)c1c(-c2ccccn2)cnn1CC(F)(F)F. The monoisotopic (exact) mass is 363 g/mol. The van der Waals surface area contributed by atoms with Crippen molar-refractivity contribution in [3.63, 3.8) is 0 Å². The van der Waals surface area contributed by atoms with Crippen LogP contribution in [0, 0.1) is 6.92 Å². The van der Waals surface area contributed by atoms with Gasteiger partial charge in [0.1, 0.15) is 6.54 Å². The van der Waals surface area contributed by atoms with E-state index in [9.17, 15) is 18.0 Å². The molecule has 3 aromatic rings. The number of aryl methyl sites for hydroxylation is 1. The van der Waals surface area contributed by atoms with Crippen molar-refractivity contribution < 1.29 is 23.1 Å². The van der Waals surface area contributed by atoms with Crippen LogP contribution >= 0.6 is 0 Å². The largest absolute Gasteiger partial charge is 0.477 e. The zero-order valence-electron chi connectivity index (χ0n) is 13.8. The van der Waals surface area contributed by atoms with E-state index < -0.39 is 24.4 Å². The highest BCUT2D eigenvalue weighted by atomic mass is 19.4. The quantitative estimate of drug-likeness (QED) is 0.757. The Morgan fingerprint density at radius 3 is 2.23 bits per heavy atom. The fourth-order valence-electron chi connectivity index (χ4n) is 2.14. The normalized spacial score (nSPS) is 10.8. The number of carboxylic acid groups (broad SMARTS) is 1. The summed E-state index contributed by atoms with van der Waals surface area (Å²) in [6.07, 6.45) is -2.06. The molecule has 0 aliphatic heterocycles. The Morgan fingerprint density at radius 1 is 1.12 bits per heavy atom. The number of rotatable bonds is 3. The lowest BCUT2D eigenvalue weighted by atomic mass is 10.1. The van der Waals surface area contributed by atoms with E-state index in [-0.39, 0.29) is 11.3 Å². The second-order valence-electron chi connectivity index (χ2n) is 5.35. The van der Waals surface area contributed by atoms with Crippen LogP contribution in [-0.2, 0) is 6.54 Å². The molecular formula is C18H16F3N3O2. The first-order valence-corrected chi connectivity index (χ1v) is 7.57. The summed E-state index contributed by atoms with van der Waals surface area (Å²) in [5, 5.41) is 12.5. The standard InChI is InChI=1S/C11H8F3N3O2.C7H8/c12-11(13,14)6-17-9(10(18)19)7(5-16-17)8-3-1-2-4-15-8;1-7-5-3-2-4-6-7/h1-5H,6H2,(H,18,19);2-6H,1H3. The predicted molar refractivity (Wildman–Crippen MR) is 89.7 cm³/mol. The summed E-state index contributed by atoms with van der Waals surface area (Å²) >= 11 is 0. The molecule has 0 saturated heterocycles. The fourth-order valence-corrected chi connectivity index (χ4v) is 2.14. The van der Waals surface area contributed by atoms with Crippen molar-refractivity contribution in [2.75, 3.05) is 0 Å². The molecule has 0 unspecified atom stereocenters. The third kappa shape index (κ3) is 5.44. The minimum absolute atomic E-state index is 0.0531.